The first-order chi connectivity index (χ1) is 21.2. The lowest BCUT2D eigenvalue weighted by Crippen LogP contribution is -2.39. The van der Waals surface area contributed by atoms with Crippen molar-refractivity contribution < 1.29 is 31.9 Å². The Labute approximate surface area is 252 Å². The quantitative estimate of drug-likeness (QED) is 0.255. The number of ketones is 1. The van der Waals surface area contributed by atoms with E-state index in [0.717, 1.165) is 43.9 Å². The summed E-state index contributed by atoms with van der Waals surface area (Å²) in [4.78, 5) is 41.4. The molecular weight excluding hydrogens is 574 g/mol. The molecule has 0 bridgehead atoms. The van der Waals surface area contributed by atoms with Crippen LogP contribution < -0.4 is 10.6 Å². The molecule has 2 amide bonds. The van der Waals surface area contributed by atoms with Crippen molar-refractivity contribution in [3.63, 3.8) is 0 Å². The highest BCUT2D eigenvalue weighted by molar-refractivity contribution is 6.14. The molecule has 0 aromatic heterocycles. The van der Waals surface area contributed by atoms with Gasteiger partial charge in [-0.05, 0) is 111 Å². The van der Waals surface area contributed by atoms with Gasteiger partial charge in [-0.25, -0.2) is 17.6 Å². The Morgan fingerprint density at radius 1 is 0.727 bits per heavy atom. The van der Waals surface area contributed by atoms with E-state index in [1.807, 2.05) is 0 Å². The van der Waals surface area contributed by atoms with Gasteiger partial charge in [0.25, 0.3) is 11.8 Å². The average molecular weight is 606 g/mol. The SMILES string of the molecule is O=C1/C(=C/c2ccc(F)c(F)c2)CC(NC(=O)c2ccc(C(=O)NCCN3CCCC3)cc2)C/C1=C\c1ccc(F)c(F)c1. The molecule has 2 fully saturated rings. The predicted octanol–water partition coefficient (Wildman–Crippen LogP) is 5.70. The highest BCUT2D eigenvalue weighted by atomic mass is 19.2. The summed E-state index contributed by atoms with van der Waals surface area (Å²) in [6, 6.07) is 12.1. The van der Waals surface area contributed by atoms with E-state index in [4.69, 9.17) is 0 Å². The van der Waals surface area contributed by atoms with Crippen molar-refractivity contribution in [3.05, 3.63) is 117 Å². The lowest BCUT2D eigenvalue weighted by molar-refractivity contribution is -0.113. The second kappa shape index (κ2) is 13.8. The van der Waals surface area contributed by atoms with Crippen LogP contribution in [0, 0.1) is 23.3 Å². The van der Waals surface area contributed by atoms with Crippen LogP contribution in [0.25, 0.3) is 12.2 Å². The summed E-state index contributed by atoms with van der Waals surface area (Å²) in [5.74, 6) is -5.30. The predicted molar refractivity (Wildman–Crippen MR) is 159 cm³/mol. The Morgan fingerprint density at radius 3 is 1.73 bits per heavy atom. The van der Waals surface area contributed by atoms with Crippen molar-refractivity contribution in [2.45, 2.75) is 31.7 Å². The number of nitrogens with zero attached hydrogens (tertiary/aromatic N) is 1. The van der Waals surface area contributed by atoms with E-state index in [1.165, 1.54) is 49.3 Å². The van der Waals surface area contributed by atoms with Crippen LogP contribution in [0.3, 0.4) is 0 Å². The van der Waals surface area contributed by atoms with E-state index in [0.29, 0.717) is 17.7 Å². The molecule has 228 valence electrons. The molecule has 44 heavy (non-hydrogen) atoms. The lowest BCUT2D eigenvalue weighted by Gasteiger charge is -2.27. The molecule has 1 saturated heterocycles. The molecule has 5 rings (SSSR count). The van der Waals surface area contributed by atoms with Crippen molar-refractivity contribution in [1.29, 1.82) is 0 Å². The third-order valence-corrected chi connectivity index (χ3v) is 7.74. The molecular formula is C34H31F4N3O3. The van der Waals surface area contributed by atoms with E-state index in [2.05, 4.69) is 15.5 Å². The maximum atomic E-state index is 13.9. The number of Topliss-reactive ketones (excluding diaryl/α,β-unsaturated/α-hetero) is 1. The summed E-state index contributed by atoms with van der Waals surface area (Å²) >= 11 is 0. The topological polar surface area (TPSA) is 78.5 Å². The van der Waals surface area contributed by atoms with Gasteiger partial charge < -0.3 is 15.5 Å². The number of carbonyl (C=O) groups is 3. The minimum Gasteiger partial charge on any atom is -0.351 e. The number of benzene rings is 3. The number of likely N-dealkylation sites (tertiary alicyclic amines) is 1. The largest absolute Gasteiger partial charge is 0.351 e. The van der Waals surface area contributed by atoms with Gasteiger partial charge in [0.2, 0.25) is 0 Å². The Hall–Kier alpha value is -4.57. The van der Waals surface area contributed by atoms with Crippen molar-refractivity contribution in [2.75, 3.05) is 26.2 Å². The van der Waals surface area contributed by atoms with Crippen LogP contribution >= 0.6 is 0 Å². The Morgan fingerprint density at radius 2 is 1.23 bits per heavy atom. The minimum atomic E-state index is -1.08. The molecule has 3 aromatic carbocycles. The fourth-order valence-electron chi connectivity index (χ4n) is 5.43. The Kier molecular flexibility index (Phi) is 9.69. The van der Waals surface area contributed by atoms with Gasteiger partial charge in [0.15, 0.2) is 29.1 Å². The molecule has 1 heterocycles. The molecule has 1 saturated carbocycles. The molecule has 10 heteroatoms. The standard InChI is InChI=1S/C34H31F4N3O3/c35-28-9-3-21(17-30(28)37)15-25-19-27(20-26(32(25)42)16-22-4-10-29(36)31(38)18-22)40-34(44)24-7-5-23(6-8-24)33(43)39-11-14-41-12-1-2-13-41/h3-10,15-18,27H,1-2,11-14,19-20H2,(H,39,43)(H,40,44)/b25-15+,26-16+. The van der Waals surface area contributed by atoms with Crippen LogP contribution in [0.2, 0.25) is 0 Å². The summed E-state index contributed by atoms with van der Waals surface area (Å²) in [6.45, 7) is 3.40. The van der Waals surface area contributed by atoms with Crippen LogP contribution in [-0.2, 0) is 4.79 Å². The summed E-state index contributed by atoms with van der Waals surface area (Å²) in [5.41, 5.74) is 1.67. The lowest BCUT2D eigenvalue weighted by atomic mass is 9.83. The first-order valence-corrected chi connectivity index (χ1v) is 14.4. The number of halogens is 4. The number of amides is 2. The molecule has 0 radical (unpaired) electrons. The smallest absolute Gasteiger partial charge is 0.251 e. The van der Waals surface area contributed by atoms with Gasteiger partial charge in [-0.2, -0.15) is 0 Å². The first-order valence-electron chi connectivity index (χ1n) is 14.4. The maximum Gasteiger partial charge on any atom is 0.251 e. The van der Waals surface area contributed by atoms with E-state index in [-0.39, 0.29) is 41.0 Å². The van der Waals surface area contributed by atoms with Crippen molar-refractivity contribution in [1.82, 2.24) is 15.5 Å². The zero-order chi connectivity index (χ0) is 31.2. The average Bonchev–Trinajstić information content (AvgIpc) is 3.53. The van der Waals surface area contributed by atoms with Gasteiger partial charge in [0, 0.05) is 41.4 Å². The summed E-state index contributed by atoms with van der Waals surface area (Å²) in [6.07, 6.45) is 5.36. The van der Waals surface area contributed by atoms with Crippen LogP contribution in [0.15, 0.2) is 71.8 Å². The normalized spacial score (nSPS) is 19.0. The second-order valence-electron chi connectivity index (χ2n) is 11.0. The third kappa shape index (κ3) is 7.68. The zero-order valence-corrected chi connectivity index (χ0v) is 23.8. The fraction of sp³-hybridized carbons (Fsp3) is 0.265. The van der Waals surface area contributed by atoms with Gasteiger partial charge in [-0.3, -0.25) is 14.4 Å². The summed E-state index contributed by atoms with van der Waals surface area (Å²) in [7, 11) is 0. The van der Waals surface area contributed by atoms with E-state index in [9.17, 15) is 31.9 Å². The van der Waals surface area contributed by atoms with Gasteiger partial charge in [-0.15, -0.1) is 0 Å². The molecule has 2 N–H and O–H groups in total. The van der Waals surface area contributed by atoms with Crippen LogP contribution in [0.5, 0.6) is 0 Å². The first kappa shape index (κ1) is 30.9. The number of carbonyl (C=O) groups excluding carboxylic acids is 3. The van der Waals surface area contributed by atoms with Crippen molar-refractivity contribution in [2.24, 2.45) is 0 Å². The second-order valence-corrected chi connectivity index (χ2v) is 11.0. The maximum absolute atomic E-state index is 13.9. The minimum absolute atomic E-state index is 0.0934. The van der Waals surface area contributed by atoms with Gasteiger partial charge in [0.1, 0.15) is 0 Å². The van der Waals surface area contributed by atoms with Crippen LogP contribution in [0.4, 0.5) is 17.6 Å². The Balaban J connectivity index is 1.31. The highest BCUT2D eigenvalue weighted by Crippen LogP contribution is 2.29. The Bertz CT molecular complexity index is 1560. The summed E-state index contributed by atoms with van der Waals surface area (Å²) in [5, 5.41) is 5.79. The molecule has 3 aromatic rings. The van der Waals surface area contributed by atoms with Crippen molar-refractivity contribution in [3.8, 4) is 0 Å². The monoisotopic (exact) mass is 605 g/mol. The molecule has 0 spiro atoms. The number of hydrogen-bond acceptors (Lipinski definition) is 4. The molecule has 1 aliphatic heterocycles. The zero-order valence-electron chi connectivity index (χ0n) is 23.8. The molecule has 0 atom stereocenters. The number of hydrogen-bond donors (Lipinski definition) is 2. The number of rotatable bonds is 8. The number of nitrogens with one attached hydrogen (secondary N) is 2. The van der Waals surface area contributed by atoms with Gasteiger partial charge in [0.05, 0.1) is 0 Å². The van der Waals surface area contributed by atoms with Crippen molar-refractivity contribution >= 4 is 29.7 Å². The van der Waals surface area contributed by atoms with E-state index >= 15 is 0 Å². The van der Waals surface area contributed by atoms with Gasteiger partial charge >= 0.3 is 0 Å². The van der Waals surface area contributed by atoms with Crippen LogP contribution in [0.1, 0.15) is 57.5 Å². The summed E-state index contributed by atoms with van der Waals surface area (Å²) < 4.78 is 54.6. The van der Waals surface area contributed by atoms with Gasteiger partial charge in [-0.1, -0.05) is 12.1 Å². The highest BCUT2D eigenvalue weighted by Gasteiger charge is 2.29. The molecule has 6 nitrogen and oxygen atoms in total. The fourth-order valence-corrected chi connectivity index (χ4v) is 5.43. The molecule has 2 aliphatic rings. The third-order valence-electron chi connectivity index (χ3n) is 7.74. The van der Waals surface area contributed by atoms with E-state index in [1.54, 1.807) is 12.1 Å². The van der Waals surface area contributed by atoms with E-state index < -0.39 is 41.0 Å². The molecule has 0 unspecified atom stereocenters. The van der Waals surface area contributed by atoms with Crippen LogP contribution in [-0.4, -0.2) is 54.7 Å². The molecule has 1 aliphatic carbocycles.